The van der Waals surface area contributed by atoms with Crippen LogP contribution in [0.1, 0.15) is 25.3 Å². The molecule has 0 aromatic heterocycles. The largest absolute Gasteiger partial charge is 0.369 e. The molecule has 1 aliphatic heterocycles. The van der Waals surface area contributed by atoms with Crippen molar-refractivity contribution < 1.29 is 9.18 Å². The molecule has 18 heavy (non-hydrogen) atoms. The third-order valence-electron chi connectivity index (χ3n) is 3.71. The maximum absolute atomic E-state index is 12.8. The molecule has 0 bridgehead atoms. The molecule has 1 aromatic carbocycles. The van der Waals surface area contributed by atoms with Gasteiger partial charge in [-0.3, -0.25) is 9.69 Å². The van der Waals surface area contributed by atoms with Gasteiger partial charge in [-0.15, -0.1) is 0 Å². The molecule has 1 aromatic rings. The fraction of sp³-hybridized carbons (Fsp3) is 0.500. The zero-order chi connectivity index (χ0) is 13.1. The predicted molar refractivity (Wildman–Crippen MR) is 68.2 cm³/mol. The third-order valence-corrected chi connectivity index (χ3v) is 3.71. The smallest absolute Gasteiger partial charge is 0.221 e. The van der Waals surface area contributed by atoms with Gasteiger partial charge in [-0.25, -0.2) is 4.39 Å². The van der Waals surface area contributed by atoms with E-state index >= 15 is 0 Å². The highest BCUT2D eigenvalue weighted by Gasteiger charge is 2.28. The molecule has 0 spiro atoms. The van der Waals surface area contributed by atoms with Crippen molar-refractivity contribution >= 4 is 5.91 Å². The molecule has 4 heteroatoms. The fourth-order valence-electron chi connectivity index (χ4n) is 2.46. The lowest BCUT2D eigenvalue weighted by Crippen LogP contribution is -2.45. The van der Waals surface area contributed by atoms with E-state index in [-0.39, 0.29) is 17.6 Å². The first-order valence-corrected chi connectivity index (χ1v) is 6.34. The Kier molecular flexibility index (Phi) is 3.97. The Balaban J connectivity index is 2.02. The van der Waals surface area contributed by atoms with E-state index in [4.69, 9.17) is 5.73 Å². The van der Waals surface area contributed by atoms with E-state index in [2.05, 4.69) is 11.8 Å². The standard InChI is InChI=1S/C14H19FN2O/c1-10-2-5-12(14(16)18)9-17(10)8-11-3-6-13(15)7-4-11/h3-4,6-7,10,12H,2,5,8-9H2,1H3,(H2,16,18). The average molecular weight is 250 g/mol. The van der Waals surface area contributed by atoms with Gasteiger partial charge in [0.25, 0.3) is 0 Å². The van der Waals surface area contributed by atoms with Gasteiger partial charge in [0.1, 0.15) is 5.82 Å². The predicted octanol–water partition coefficient (Wildman–Crippen LogP) is 1.91. The van der Waals surface area contributed by atoms with Crippen molar-refractivity contribution in [2.45, 2.75) is 32.4 Å². The summed E-state index contributed by atoms with van der Waals surface area (Å²) in [4.78, 5) is 13.5. The Morgan fingerprint density at radius 2 is 2.06 bits per heavy atom. The first-order valence-electron chi connectivity index (χ1n) is 6.34. The van der Waals surface area contributed by atoms with Crippen molar-refractivity contribution in [2.24, 2.45) is 11.7 Å². The number of rotatable bonds is 3. The van der Waals surface area contributed by atoms with Crippen molar-refractivity contribution in [3.8, 4) is 0 Å². The Morgan fingerprint density at radius 1 is 1.39 bits per heavy atom. The number of carbonyl (C=O) groups is 1. The summed E-state index contributed by atoms with van der Waals surface area (Å²) in [5.41, 5.74) is 6.44. The molecule has 1 fully saturated rings. The van der Waals surface area contributed by atoms with E-state index in [1.807, 2.05) is 0 Å². The van der Waals surface area contributed by atoms with Crippen LogP contribution in [0.5, 0.6) is 0 Å². The summed E-state index contributed by atoms with van der Waals surface area (Å²) in [7, 11) is 0. The quantitative estimate of drug-likeness (QED) is 0.890. The lowest BCUT2D eigenvalue weighted by atomic mass is 9.92. The molecule has 1 amide bonds. The molecule has 0 radical (unpaired) electrons. The number of piperidine rings is 1. The summed E-state index contributed by atoms with van der Waals surface area (Å²) in [5, 5.41) is 0. The molecule has 3 nitrogen and oxygen atoms in total. The summed E-state index contributed by atoms with van der Waals surface area (Å²) >= 11 is 0. The van der Waals surface area contributed by atoms with Gasteiger partial charge in [-0.1, -0.05) is 12.1 Å². The van der Waals surface area contributed by atoms with Crippen LogP contribution in [0.2, 0.25) is 0 Å². The van der Waals surface area contributed by atoms with Gasteiger partial charge in [0, 0.05) is 19.1 Å². The molecule has 2 unspecified atom stereocenters. The van der Waals surface area contributed by atoms with Crippen LogP contribution in [-0.2, 0) is 11.3 Å². The summed E-state index contributed by atoms with van der Waals surface area (Å²) in [5.74, 6) is -0.492. The monoisotopic (exact) mass is 250 g/mol. The van der Waals surface area contributed by atoms with Gasteiger partial charge in [-0.05, 0) is 37.5 Å². The molecule has 2 atom stereocenters. The van der Waals surface area contributed by atoms with E-state index in [0.717, 1.165) is 24.9 Å². The van der Waals surface area contributed by atoms with Crippen LogP contribution in [0.3, 0.4) is 0 Å². The molecule has 0 aliphatic carbocycles. The van der Waals surface area contributed by atoms with Crippen LogP contribution in [0.15, 0.2) is 24.3 Å². The van der Waals surface area contributed by atoms with Crippen molar-refractivity contribution in [3.05, 3.63) is 35.6 Å². The fourth-order valence-corrected chi connectivity index (χ4v) is 2.46. The number of nitrogens with two attached hydrogens (primary N) is 1. The topological polar surface area (TPSA) is 46.3 Å². The maximum atomic E-state index is 12.8. The van der Waals surface area contributed by atoms with Crippen LogP contribution in [-0.4, -0.2) is 23.4 Å². The van der Waals surface area contributed by atoms with Crippen molar-refractivity contribution in [1.29, 1.82) is 0 Å². The van der Waals surface area contributed by atoms with Crippen LogP contribution in [0, 0.1) is 11.7 Å². The normalized spacial score (nSPS) is 25.0. The van der Waals surface area contributed by atoms with Gasteiger partial charge in [-0.2, -0.15) is 0 Å². The maximum Gasteiger partial charge on any atom is 0.221 e. The zero-order valence-electron chi connectivity index (χ0n) is 10.6. The first kappa shape index (κ1) is 13.0. The van der Waals surface area contributed by atoms with Gasteiger partial charge in [0.05, 0.1) is 5.92 Å². The second-order valence-electron chi connectivity index (χ2n) is 5.08. The van der Waals surface area contributed by atoms with Crippen molar-refractivity contribution in [3.63, 3.8) is 0 Å². The SMILES string of the molecule is CC1CCC(C(N)=O)CN1Cc1ccc(F)cc1. The van der Waals surface area contributed by atoms with Crippen molar-refractivity contribution in [2.75, 3.05) is 6.54 Å². The van der Waals surface area contributed by atoms with Crippen LogP contribution >= 0.6 is 0 Å². The highest BCUT2D eigenvalue weighted by molar-refractivity contribution is 5.76. The number of primary amides is 1. The van der Waals surface area contributed by atoms with Gasteiger partial charge < -0.3 is 5.73 Å². The molecule has 0 saturated carbocycles. The number of hydrogen-bond donors (Lipinski definition) is 1. The Hall–Kier alpha value is -1.42. The van der Waals surface area contributed by atoms with E-state index in [1.165, 1.54) is 12.1 Å². The summed E-state index contributed by atoms with van der Waals surface area (Å²) < 4.78 is 12.8. The third kappa shape index (κ3) is 3.07. The van der Waals surface area contributed by atoms with E-state index in [0.29, 0.717) is 12.6 Å². The Bertz CT molecular complexity index is 418. The molecule has 2 N–H and O–H groups in total. The van der Waals surface area contributed by atoms with Gasteiger partial charge in [0.2, 0.25) is 5.91 Å². The minimum absolute atomic E-state index is 0.0540. The number of nitrogens with zero attached hydrogens (tertiary/aromatic N) is 1. The minimum atomic E-state index is -0.222. The lowest BCUT2D eigenvalue weighted by Gasteiger charge is -2.36. The number of amides is 1. The number of likely N-dealkylation sites (tertiary alicyclic amines) is 1. The average Bonchev–Trinajstić information content (AvgIpc) is 2.34. The van der Waals surface area contributed by atoms with Crippen LogP contribution in [0.4, 0.5) is 4.39 Å². The minimum Gasteiger partial charge on any atom is -0.369 e. The number of carbonyl (C=O) groups excluding carboxylic acids is 1. The lowest BCUT2D eigenvalue weighted by molar-refractivity contribution is -0.124. The highest BCUT2D eigenvalue weighted by atomic mass is 19.1. The number of hydrogen-bond acceptors (Lipinski definition) is 2. The number of benzene rings is 1. The molecule has 98 valence electrons. The molecule has 1 heterocycles. The number of halogens is 1. The highest BCUT2D eigenvalue weighted by Crippen LogP contribution is 2.23. The molecular weight excluding hydrogens is 231 g/mol. The summed E-state index contributed by atoms with van der Waals surface area (Å²) in [6.07, 6.45) is 1.85. The summed E-state index contributed by atoms with van der Waals surface area (Å²) in [6, 6.07) is 6.95. The van der Waals surface area contributed by atoms with E-state index in [1.54, 1.807) is 12.1 Å². The van der Waals surface area contributed by atoms with E-state index in [9.17, 15) is 9.18 Å². The van der Waals surface area contributed by atoms with Gasteiger partial charge in [0.15, 0.2) is 0 Å². The molecule has 2 rings (SSSR count). The van der Waals surface area contributed by atoms with Crippen LogP contribution < -0.4 is 5.73 Å². The molecule has 1 aliphatic rings. The Morgan fingerprint density at radius 3 is 2.67 bits per heavy atom. The van der Waals surface area contributed by atoms with Gasteiger partial charge >= 0.3 is 0 Å². The Labute approximate surface area is 107 Å². The first-order chi connectivity index (χ1) is 8.56. The summed E-state index contributed by atoms with van der Waals surface area (Å²) in [6.45, 7) is 3.60. The molecular formula is C14H19FN2O. The second kappa shape index (κ2) is 5.48. The molecule has 1 saturated heterocycles. The second-order valence-corrected chi connectivity index (χ2v) is 5.08. The van der Waals surface area contributed by atoms with E-state index < -0.39 is 0 Å². The zero-order valence-corrected chi connectivity index (χ0v) is 10.6. The van der Waals surface area contributed by atoms with Crippen molar-refractivity contribution in [1.82, 2.24) is 4.90 Å². The van der Waals surface area contributed by atoms with Crippen LogP contribution in [0.25, 0.3) is 0 Å².